The van der Waals surface area contributed by atoms with Crippen LogP contribution in [-0.2, 0) is 0 Å². The third-order valence-electron chi connectivity index (χ3n) is 3.03. The largest absolute Gasteiger partial charge is 0.371 e. The van der Waals surface area contributed by atoms with Gasteiger partial charge < -0.3 is 10.2 Å². The molecule has 18 heavy (non-hydrogen) atoms. The van der Waals surface area contributed by atoms with Crippen molar-refractivity contribution < 1.29 is 4.39 Å². The fourth-order valence-electron chi connectivity index (χ4n) is 2.09. The second kappa shape index (κ2) is 6.74. The lowest BCUT2D eigenvalue weighted by Gasteiger charge is -2.33. The first-order valence-corrected chi connectivity index (χ1v) is 6.69. The van der Waals surface area contributed by atoms with E-state index >= 15 is 0 Å². The molecule has 1 aromatic carbocycles. The first-order valence-electron chi connectivity index (χ1n) is 6.69. The van der Waals surface area contributed by atoms with Gasteiger partial charge in [-0.15, -0.1) is 0 Å². The van der Waals surface area contributed by atoms with Crippen molar-refractivity contribution in [2.45, 2.75) is 27.7 Å². The number of rotatable bonds is 7. The minimum atomic E-state index is -0.171. The van der Waals surface area contributed by atoms with Crippen molar-refractivity contribution in [3.8, 4) is 0 Å². The molecule has 0 aliphatic carbocycles. The minimum absolute atomic E-state index is 0.165. The van der Waals surface area contributed by atoms with Crippen LogP contribution in [0, 0.1) is 11.2 Å². The van der Waals surface area contributed by atoms with Crippen LogP contribution in [0.25, 0.3) is 0 Å². The third kappa shape index (κ3) is 4.65. The van der Waals surface area contributed by atoms with Gasteiger partial charge in [-0.3, -0.25) is 0 Å². The Morgan fingerprint density at radius 1 is 1.28 bits per heavy atom. The first kappa shape index (κ1) is 15.0. The lowest BCUT2D eigenvalue weighted by Crippen LogP contribution is -2.40. The number of halogens is 1. The highest BCUT2D eigenvalue weighted by molar-refractivity contribution is 5.46. The summed E-state index contributed by atoms with van der Waals surface area (Å²) in [6.45, 7) is 12.4. The van der Waals surface area contributed by atoms with E-state index < -0.39 is 0 Å². The Bertz CT molecular complexity index is 363. The highest BCUT2D eigenvalue weighted by Crippen LogP contribution is 2.22. The normalized spacial score (nSPS) is 11.6. The van der Waals surface area contributed by atoms with E-state index in [-0.39, 0.29) is 11.2 Å². The monoisotopic (exact) mass is 252 g/mol. The van der Waals surface area contributed by atoms with Crippen molar-refractivity contribution in [3.05, 3.63) is 30.1 Å². The lowest BCUT2D eigenvalue weighted by atomic mass is 9.92. The van der Waals surface area contributed by atoms with Gasteiger partial charge in [-0.1, -0.05) is 26.8 Å². The summed E-state index contributed by atoms with van der Waals surface area (Å²) in [5.41, 5.74) is 1.13. The Labute approximate surface area is 110 Å². The summed E-state index contributed by atoms with van der Waals surface area (Å²) in [5, 5.41) is 3.38. The molecule has 0 spiro atoms. The van der Waals surface area contributed by atoms with E-state index in [9.17, 15) is 4.39 Å². The zero-order valence-corrected chi connectivity index (χ0v) is 12.0. The fourth-order valence-corrected chi connectivity index (χ4v) is 2.09. The van der Waals surface area contributed by atoms with Crippen LogP contribution < -0.4 is 10.2 Å². The summed E-state index contributed by atoms with van der Waals surface area (Å²) in [5.74, 6) is -0.171. The van der Waals surface area contributed by atoms with Crippen LogP contribution in [0.2, 0.25) is 0 Å². The number of hydrogen-bond donors (Lipinski definition) is 1. The van der Waals surface area contributed by atoms with Crippen LogP contribution in [0.5, 0.6) is 0 Å². The van der Waals surface area contributed by atoms with Gasteiger partial charge in [0.1, 0.15) is 5.82 Å². The summed E-state index contributed by atoms with van der Waals surface area (Å²) < 4.78 is 13.3. The van der Waals surface area contributed by atoms with Crippen LogP contribution >= 0.6 is 0 Å². The number of benzene rings is 1. The van der Waals surface area contributed by atoms with E-state index in [1.807, 2.05) is 6.07 Å². The molecule has 0 unspecified atom stereocenters. The van der Waals surface area contributed by atoms with Gasteiger partial charge in [0.25, 0.3) is 0 Å². The Balaban J connectivity index is 2.72. The summed E-state index contributed by atoms with van der Waals surface area (Å²) in [6, 6.07) is 6.83. The molecule has 0 bridgehead atoms. The van der Waals surface area contributed by atoms with E-state index in [1.165, 1.54) is 6.07 Å². The summed E-state index contributed by atoms with van der Waals surface area (Å²) in [6.07, 6.45) is 0. The predicted octanol–water partition coefficient (Wildman–Crippen LogP) is 3.29. The summed E-state index contributed by atoms with van der Waals surface area (Å²) in [7, 11) is 0. The average Bonchev–Trinajstić information content (AvgIpc) is 2.33. The molecule has 2 nitrogen and oxygen atoms in total. The number of hydrogen-bond acceptors (Lipinski definition) is 2. The van der Waals surface area contributed by atoms with Crippen LogP contribution in [0.4, 0.5) is 10.1 Å². The second-order valence-corrected chi connectivity index (χ2v) is 5.44. The number of nitrogens with one attached hydrogen (secondary N) is 1. The van der Waals surface area contributed by atoms with E-state index in [4.69, 9.17) is 0 Å². The van der Waals surface area contributed by atoms with Crippen molar-refractivity contribution in [1.29, 1.82) is 0 Å². The van der Waals surface area contributed by atoms with Crippen molar-refractivity contribution in [2.75, 3.05) is 31.1 Å². The smallest absolute Gasteiger partial charge is 0.125 e. The van der Waals surface area contributed by atoms with Gasteiger partial charge in [-0.2, -0.15) is 0 Å². The first-order chi connectivity index (χ1) is 8.48. The maximum Gasteiger partial charge on any atom is 0.125 e. The van der Waals surface area contributed by atoms with Crippen LogP contribution in [-0.4, -0.2) is 26.2 Å². The topological polar surface area (TPSA) is 15.3 Å². The van der Waals surface area contributed by atoms with Gasteiger partial charge in [-0.25, -0.2) is 4.39 Å². The molecule has 1 aromatic rings. The van der Waals surface area contributed by atoms with Crippen LogP contribution in [0.3, 0.4) is 0 Å². The molecular formula is C15H25FN2. The maximum atomic E-state index is 13.3. The molecule has 0 aliphatic heterocycles. The highest BCUT2D eigenvalue weighted by Gasteiger charge is 2.21. The van der Waals surface area contributed by atoms with Crippen molar-refractivity contribution in [3.63, 3.8) is 0 Å². The van der Waals surface area contributed by atoms with Crippen molar-refractivity contribution in [1.82, 2.24) is 5.32 Å². The lowest BCUT2D eigenvalue weighted by molar-refractivity contribution is 0.346. The van der Waals surface area contributed by atoms with Crippen molar-refractivity contribution >= 4 is 5.69 Å². The molecule has 0 heterocycles. The number of anilines is 1. The Morgan fingerprint density at radius 3 is 2.56 bits per heavy atom. The molecule has 1 N–H and O–H groups in total. The quantitative estimate of drug-likeness (QED) is 0.801. The predicted molar refractivity (Wildman–Crippen MR) is 76.6 cm³/mol. The SMILES string of the molecule is CCNCC(C)(C)CN(CC)c1cccc(F)c1. The average molecular weight is 252 g/mol. The van der Waals surface area contributed by atoms with E-state index in [0.29, 0.717) is 0 Å². The molecule has 0 aliphatic rings. The zero-order chi connectivity index (χ0) is 13.6. The molecule has 0 aromatic heterocycles. The Morgan fingerprint density at radius 2 is 2.00 bits per heavy atom. The zero-order valence-electron chi connectivity index (χ0n) is 12.0. The molecular weight excluding hydrogens is 227 g/mol. The molecule has 0 amide bonds. The standard InChI is InChI=1S/C15H25FN2/c1-5-17-11-15(3,4)12-18(6-2)14-9-7-8-13(16)10-14/h7-10,17H,5-6,11-12H2,1-4H3. The van der Waals surface area contributed by atoms with E-state index in [0.717, 1.165) is 31.9 Å². The molecule has 0 radical (unpaired) electrons. The third-order valence-corrected chi connectivity index (χ3v) is 3.03. The second-order valence-electron chi connectivity index (χ2n) is 5.44. The fraction of sp³-hybridized carbons (Fsp3) is 0.600. The van der Waals surface area contributed by atoms with Gasteiger partial charge in [0.15, 0.2) is 0 Å². The molecule has 0 atom stereocenters. The van der Waals surface area contributed by atoms with E-state index in [2.05, 4.69) is 37.9 Å². The maximum absolute atomic E-state index is 13.3. The molecule has 1 rings (SSSR count). The van der Waals surface area contributed by atoms with Gasteiger partial charge in [-0.05, 0) is 37.1 Å². The van der Waals surface area contributed by atoms with Gasteiger partial charge in [0, 0.05) is 25.3 Å². The summed E-state index contributed by atoms with van der Waals surface area (Å²) in [4.78, 5) is 2.22. The highest BCUT2D eigenvalue weighted by atomic mass is 19.1. The molecule has 0 fully saturated rings. The van der Waals surface area contributed by atoms with Crippen LogP contribution in [0.1, 0.15) is 27.7 Å². The van der Waals surface area contributed by atoms with Crippen LogP contribution in [0.15, 0.2) is 24.3 Å². The summed E-state index contributed by atoms with van der Waals surface area (Å²) >= 11 is 0. The van der Waals surface area contributed by atoms with Crippen molar-refractivity contribution in [2.24, 2.45) is 5.41 Å². The minimum Gasteiger partial charge on any atom is -0.371 e. The Kier molecular flexibility index (Phi) is 5.60. The van der Waals surface area contributed by atoms with E-state index in [1.54, 1.807) is 12.1 Å². The van der Waals surface area contributed by atoms with Gasteiger partial charge in [0.2, 0.25) is 0 Å². The molecule has 0 saturated heterocycles. The Hall–Kier alpha value is -1.09. The molecule has 102 valence electrons. The molecule has 3 heteroatoms. The van der Waals surface area contributed by atoms with Gasteiger partial charge >= 0.3 is 0 Å². The molecule has 0 saturated carbocycles. The number of nitrogens with zero attached hydrogens (tertiary/aromatic N) is 1. The van der Waals surface area contributed by atoms with Gasteiger partial charge in [0.05, 0.1) is 0 Å².